The summed E-state index contributed by atoms with van der Waals surface area (Å²) in [5, 5.41) is 23.2. The minimum atomic E-state index is -0.586. The van der Waals surface area contributed by atoms with Crippen molar-refractivity contribution in [2.75, 3.05) is 14.2 Å². The molecule has 0 spiro atoms. The third-order valence-electron chi connectivity index (χ3n) is 3.46. The molecule has 1 unspecified atom stereocenters. The Morgan fingerprint density at radius 3 is 2.65 bits per heavy atom. The van der Waals surface area contributed by atoms with Crippen molar-refractivity contribution in [2.24, 2.45) is 0 Å². The van der Waals surface area contributed by atoms with Gasteiger partial charge in [0.2, 0.25) is 5.91 Å². The topological polar surface area (TPSA) is 107 Å². The molecule has 1 aromatic rings. The van der Waals surface area contributed by atoms with Gasteiger partial charge in [-0.1, -0.05) is 17.7 Å². The lowest BCUT2D eigenvalue weighted by atomic mass is 9.86. The standard InChI is InChI=1S/C15H13ClN4O3/c1-22-11-4-3-8(13(16)14(11)23-2)9-5-12(21)20-15(19-7-18)10(9)6-17/h3-4,9,19H,5H2,1-2H3,(H,20,21). The largest absolute Gasteiger partial charge is 0.493 e. The number of benzene rings is 1. The molecule has 8 heteroatoms. The Bertz CT molecular complexity index is 761. The van der Waals surface area contributed by atoms with Gasteiger partial charge in [-0.15, -0.1) is 0 Å². The van der Waals surface area contributed by atoms with Gasteiger partial charge in [-0.25, -0.2) is 0 Å². The number of allylic oxidation sites excluding steroid dienone is 1. The van der Waals surface area contributed by atoms with Crippen LogP contribution >= 0.6 is 11.6 Å². The molecule has 2 rings (SSSR count). The first-order valence-electron chi connectivity index (χ1n) is 6.56. The van der Waals surface area contributed by atoms with Crippen LogP contribution in [0.1, 0.15) is 17.9 Å². The van der Waals surface area contributed by atoms with E-state index in [2.05, 4.69) is 10.6 Å². The van der Waals surface area contributed by atoms with Gasteiger partial charge in [0.25, 0.3) is 0 Å². The van der Waals surface area contributed by atoms with Crippen molar-refractivity contribution in [3.63, 3.8) is 0 Å². The van der Waals surface area contributed by atoms with Crippen LogP contribution in [0.2, 0.25) is 5.02 Å². The Morgan fingerprint density at radius 2 is 2.09 bits per heavy atom. The lowest BCUT2D eigenvalue weighted by Gasteiger charge is -2.25. The van der Waals surface area contributed by atoms with Crippen molar-refractivity contribution in [3.05, 3.63) is 34.1 Å². The molecule has 1 atom stereocenters. The van der Waals surface area contributed by atoms with Gasteiger partial charge in [-0.05, 0) is 11.6 Å². The highest BCUT2D eigenvalue weighted by atomic mass is 35.5. The summed E-state index contributed by atoms with van der Waals surface area (Å²) in [6, 6.07) is 5.35. The second-order valence-electron chi connectivity index (χ2n) is 4.65. The van der Waals surface area contributed by atoms with E-state index in [-0.39, 0.29) is 28.7 Å². The number of halogens is 1. The number of rotatable bonds is 4. The third kappa shape index (κ3) is 3.01. The number of amides is 1. The molecule has 7 nitrogen and oxygen atoms in total. The fourth-order valence-electron chi connectivity index (χ4n) is 2.45. The Hall–Kier alpha value is -2.90. The molecule has 1 heterocycles. The lowest BCUT2D eigenvalue weighted by Crippen LogP contribution is -2.37. The molecule has 1 aliphatic heterocycles. The Balaban J connectivity index is 2.60. The van der Waals surface area contributed by atoms with Crippen molar-refractivity contribution in [1.29, 1.82) is 10.5 Å². The minimum absolute atomic E-state index is 0.0364. The van der Waals surface area contributed by atoms with Crippen LogP contribution in [-0.4, -0.2) is 20.1 Å². The summed E-state index contributed by atoms with van der Waals surface area (Å²) < 4.78 is 10.4. The second kappa shape index (κ2) is 6.91. The molecule has 0 saturated carbocycles. The zero-order valence-corrected chi connectivity index (χ0v) is 13.2. The van der Waals surface area contributed by atoms with E-state index in [1.807, 2.05) is 6.07 Å². The summed E-state index contributed by atoms with van der Waals surface area (Å²) in [6.07, 6.45) is 1.73. The van der Waals surface area contributed by atoms with Gasteiger partial charge < -0.3 is 14.8 Å². The smallest absolute Gasteiger partial charge is 0.226 e. The molecule has 0 aliphatic carbocycles. The zero-order valence-electron chi connectivity index (χ0n) is 12.4. The predicted octanol–water partition coefficient (Wildman–Crippen LogP) is 1.77. The van der Waals surface area contributed by atoms with Crippen LogP contribution in [-0.2, 0) is 4.79 Å². The average Bonchev–Trinajstić information content (AvgIpc) is 2.54. The molecular formula is C15H13ClN4O3. The summed E-state index contributed by atoms with van der Waals surface area (Å²) in [5.74, 6) is -0.0688. The average molecular weight is 333 g/mol. The summed E-state index contributed by atoms with van der Waals surface area (Å²) in [7, 11) is 2.93. The highest BCUT2D eigenvalue weighted by molar-refractivity contribution is 6.33. The van der Waals surface area contributed by atoms with Crippen molar-refractivity contribution >= 4 is 17.5 Å². The maximum absolute atomic E-state index is 11.9. The van der Waals surface area contributed by atoms with Crippen LogP contribution in [0.4, 0.5) is 0 Å². The molecule has 1 aliphatic rings. The molecule has 1 amide bonds. The summed E-state index contributed by atoms with van der Waals surface area (Å²) >= 11 is 6.37. The molecule has 1 aromatic carbocycles. The molecule has 0 aromatic heterocycles. The number of hydrogen-bond donors (Lipinski definition) is 2. The first-order chi connectivity index (χ1) is 11.1. The van der Waals surface area contributed by atoms with E-state index in [4.69, 9.17) is 26.3 Å². The van der Waals surface area contributed by atoms with E-state index in [0.717, 1.165) is 0 Å². The summed E-state index contributed by atoms with van der Waals surface area (Å²) in [5.41, 5.74) is 0.772. The lowest BCUT2D eigenvalue weighted by molar-refractivity contribution is -0.121. The van der Waals surface area contributed by atoms with E-state index in [1.165, 1.54) is 14.2 Å². The number of nitriles is 2. The van der Waals surface area contributed by atoms with Gasteiger partial charge in [0.05, 0.1) is 30.9 Å². The Kier molecular flexibility index (Phi) is 4.95. The highest BCUT2D eigenvalue weighted by Crippen LogP contribution is 2.43. The number of carbonyl (C=O) groups excluding carboxylic acids is 1. The molecule has 0 bridgehead atoms. The first kappa shape index (κ1) is 16.5. The van der Waals surface area contributed by atoms with Crippen molar-refractivity contribution in [2.45, 2.75) is 12.3 Å². The van der Waals surface area contributed by atoms with E-state index in [0.29, 0.717) is 17.1 Å². The number of carbonyl (C=O) groups is 1. The molecule has 0 saturated heterocycles. The Morgan fingerprint density at radius 1 is 1.35 bits per heavy atom. The van der Waals surface area contributed by atoms with E-state index in [9.17, 15) is 10.1 Å². The van der Waals surface area contributed by atoms with E-state index < -0.39 is 5.92 Å². The van der Waals surface area contributed by atoms with E-state index >= 15 is 0 Å². The van der Waals surface area contributed by atoms with Crippen LogP contribution in [0.5, 0.6) is 11.5 Å². The number of methoxy groups -OCH3 is 2. The summed E-state index contributed by atoms with van der Waals surface area (Å²) in [4.78, 5) is 11.9. The van der Waals surface area contributed by atoms with Gasteiger partial charge >= 0.3 is 0 Å². The first-order valence-corrected chi connectivity index (χ1v) is 6.94. The molecule has 23 heavy (non-hydrogen) atoms. The molecule has 0 radical (unpaired) electrons. The van der Waals surface area contributed by atoms with Gasteiger partial charge in [0, 0.05) is 12.3 Å². The van der Waals surface area contributed by atoms with Gasteiger partial charge in [-0.2, -0.15) is 10.5 Å². The molecule has 0 fully saturated rings. The monoisotopic (exact) mass is 332 g/mol. The predicted molar refractivity (Wildman–Crippen MR) is 81.4 cm³/mol. The number of nitrogens with zero attached hydrogens (tertiary/aromatic N) is 2. The van der Waals surface area contributed by atoms with Crippen molar-refractivity contribution < 1.29 is 14.3 Å². The SMILES string of the molecule is COc1ccc(C2CC(=O)NC(NC#N)=C2C#N)c(Cl)c1OC. The quantitative estimate of drug-likeness (QED) is 0.642. The Labute approximate surface area is 138 Å². The molecule has 2 N–H and O–H groups in total. The fraction of sp³-hybridized carbons (Fsp3) is 0.267. The van der Waals surface area contributed by atoms with Crippen molar-refractivity contribution in [1.82, 2.24) is 10.6 Å². The van der Waals surface area contributed by atoms with Crippen molar-refractivity contribution in [3.8, 4) is 23.8 Å². The number of hydrogen-bond acceptors (Lipinski definition) is 6. The van der Waals surface area contributed by atoms with Gasteiger partial charge in [0.1, 0.15) is 5.82 Å². The van der Waals surface area contributed by atoms with Crippen LogP contribution in [0.15, 0.2) is 23.5 Å². The van der Waals surface area contributed by atoms with Crippen LogP contribution < -0.4 is 20.1 Å². The van der Waals surface area contributed by atoms with E-state index in [1.54, 1.807) is 18.3 Å². The second-order valence-corrected chi connectivity index (χ2v) is 5.02. The summed E-state index contributed by atoms with van der Waals surface area (Å²) in [6.45, 7) is 0. The van der Waals surface area contributed by atoms with Gasteiger partial charge in [-0.3, -0.25) is 10.1 Å². The molecular weight excluding hydrogens is 320 g/mol. The zero-order chi connectivity index (χ0) is 17.0. The minimum Gasteiger partial charge on any atom is -0.493 e. The normalized spacial score (nSPS) is 16.9. The third-order valence-corrected chi connectivity index (χ3v) is 3.85. The molecule has 118 valence electrons. The maximum atomic E-state index is 11.9. The van der Waals surface area contributed by atoms with Crippen LogP contribution in [0.3, 0.4) is 0 Å². The fourth-order valence-corrected chi connectivity index (χ4v) is 2.81. The van der Waals surface area contributed by atoms with Gasteiger partial charge in [0.15, 0.2) is 17.7 Å². The number of nitrogens with one attached hydrogen (secondary N) is 2. The maximum Gasteiger partial charge on any atom is 0.226 e. The van der Waals surface area contributed by atoms with Crippen LogP contribution in [0.25, 0.3) is 0 Å². The number of ether oxygens (including phenoxy) is 2. The van der Waals surface area contributed by atoms with Crippen LogP contribution in [0, 0.1) is 22.8 Å². The highest BCUT2D eigenvalue weighted by Gasteiger charge is 2.32.